The van der Waals surface area contributed by atoms with Gasteiger partial charge in [-0.15, -0.1) is 0 Å². The van der Waals surface area contributed by atoms with Crippen molar-refractivity contribution in [1.29, 1.82) is 0 Å². The lowest BCUT2D eigenvalue weighted by Gasteiger charge is -2.05. The van der Waals surface area contributed by atoms with Gasteiger partial charge in [-0.1, -0.05) is 42.0 Å². The van der Waals surface area contributed by atoms with E-state index < -0.39 is 0 Å². The topological polar surface area (TPSA) is 17.1 Å². The molecule has 0 amide bonds. The summed E-state index contributed by atoms with van der Waals surface area (Å²) in [6, 6.07) is 14.7. The smallest absolute Gasteiger partial charge is 0.163 e. The summed E-state index contributed by atoms with van der Waals surface area (Å²) in [6.07, 6.45) is 1.58. The Morgan fingerprint density at radius 1 is 0.882 bits per heavy atom. The normalized spacial score (nSPS) is 13.8. The zero-order valence-electron chi connectivity index (χ0n) is 9.86. The number of rotatable bonds is 1. The molecule has 2 aromatic carbocycles. The Hall–Kier alpha value is -1.89. The van der Waals surface area contributed by atoms with Crippen LogP contribution in [-0.2, 0) is 6.42 Å². The van der Waals surface area contributed by atoms with Crippen LogP contribution in [0.3, 0.4) is 0 Å². The Balaban J connectivity index is 2.08. The molecule has 0 spiro atoms. The van der Waals surface area contributed by atoms with Crippen LogP contribution in [0.5, 0.6) is 0 Å². The van der Waals surface area contributed by atoms with E-state index in [9.17, 15) is 4.79 Å². The van der Waals surface area contributed by atoms with Crippen LogP contribution >= 0.6 is 0 Å². The molecule has 0 saturated heterocycles. The Bertz CT molecular complexity index is 579. The molecule has 1 aliphatic rings. The molecule has 0 N–H and O–H groups in total. The second-order valence-electron chi connectivity index (χ2n) is 4.66. The van der Waals surface area contributed by atoms with Gasteiger partial charge in [-0.3, -0.25) is 4.79 Å². The second-order valence-corrected chi connectivity index (χ2v) is 4.66. The molecule has 0 atom stereocenters. The zero-order chi connectivity index (χ0) is 11.8. The third kappa shape index (κ3) is 1.78. The monoisotopic (exact) mass is 222 g/mol. The van der Waals surface area contributed by atoms with Gasteiger partial charge < -0.3 is 0 Å². The van der Waals surface area contributed by atoms with Crippen LogP contribution in [0.4, 0.5) is 0 Å². The highest BCUT2D eigenvalue weighted by Crippen LogP contribution is 2.28. The Kier molecular flexibility index (Phi) is 2.32. The maximum Gasteiger partial charge on any atom is 0.163 e. The molecule has 0 heterocycles. The van der Waals surface area contributed by atoms with Crippen molar-refractivity contribution in [3.63, 3.8) is 0 Å². The van der Waals surface area contributed by atoms with Gasteiger partial charge in [0.05, 0.1) is 0 Å². The van der Waals surface area contributed by atoms with E-state index in [1.165, 1.54) is 16.7 Å². The van der Waals surface area contributed by atoms with E-state index in [2.05, 4.69) is 43.3 Å². The minimum absolute atomic E-state index is 0.286. The summed E-state index contributed by atoms with van der Waals surface area (Å²) in [5.74, 6) is 0.286. The van der Waals surface area contributed by atoms with Gasteiger partial charge in [0.1, 0.15) is 0 Å². The summed E-state index contributed by atoms with van der Waals surface area (Å²) < 4.78 is 0. The summed E-state index contributed by atoms with van der Waals surface area (Å²) in [4.78, 5) is 11.7. The first-order chi connectivity index (χ1) is 8.24. The highest BCUT2D eigenvalue weighted by Gasteiger charge is 2.19. The van der Waals surface area contributed by atoms with E-state index in [4.69, 9.17) is 0 Å². The fourth-order valence-corrected chi connectivity index (χ4v) is 2.36. The quantitative estimate of drug-likeness (QED) is 0.717. The van der Waals surface area contributed by atoms with Gasteiger partial charge in [0, 0.05) is 12.0 Å². The lowest BCUT2D eigenvalue weighted by Crippen LogP contribution is -1.91. The van der Waals surface area contributed by atoms with Gasteiger partial charge in [-0.25, -0.2) is 0 Å². The third-order valence-corrected chi connectivity index (χ3v) is 3.42. The van der Waals surface area contributed by atoms with E-state index in [0.717, 1.165) is 17.5 Å². The largest absolute Gasteiger partial charge is 0.294 e. The number of hydrogen-bond donors (Lipinski definition) is 0. The summed E-state index contributed by atoms with van der Waals surface area (Å²) in [7, 11) is 0. The molecule has 0 unspecified atom stereocenters. The van der Waals surface area contributed by atoms with Gasteiger partial charge in [0.2, 0.25) is 0 Å². The number of Topliss-reactive ketones (excluding diaryl/α,β-unsaturated/α-hetero) is 1. The fourth-order valence-electron chi connectivity index (χ4n) is 2.36. The summed E-state index contributed by atoms with van der Waals surface area (Å²) in [5.41, 5.74) is 5.69. The van der Waals surface area contributed by atoms with E-state index in [-0.39, 0.29) is 5.78 Å². The molecule has 1 nitrogen and oxygen atoms in total. The molecule has 0 aromatic heterocycles. The van der Waals surface area contributed by atoms with Crippen LogP contribution in [0.1, 0.15) is 27.9 Å². The van der Waals surface area contributed by atoms with Crippen molar-refractivity contribution in [2.45, 2.75) is 19.8 Å². The van der Waals surface area contributed by atoms with Crippen molar-refractivity contribution in [2.24, 2.45) is 0 Å². The van der Waals surface area contributed by atoms with Crippen LogP contribution < -0.4 is 0 Å². The molecule has 1 heteroatoms. The van der Waals surface area contributed by atoms with Crippen molar-refractivity contribution in [2.75, 3.05) is 0 Å². The molecule has 0 aliphatic heterocycles. The van der Waals surface area contributed by atoms with E-state index >= 15 is 0 Å². The Labute approximate surface area is 101 Å². The van der Waals surface area contributed by atoms with E-state index in [1.54, 1.807) is 0 Å². The van der Waals surface area contributed by atoms with Gasteiger partial charge in [0.15, 0.2) is 5.78 Å². The molecule has 0 saturated carbocycles. The lowest BCUT2D eigenvalue weighted by molar-refractivity contribution is 0.0994. The van der Waals surface area contributed by atoms with Gasteiger partial charge >= 0.3 is 0 Å². The van der Waals surface area contributed by atoms with Gasteiger partial charge in [0.25, 0.3) is 0 Å². The summed E-state index contributed by atoms with van der Waals surface area (Å²) in [5, 5.41) is 0. The second kappa shape index (κ2) is 3.85. The average Bonchev–Trinajstić information content (AvgIpc) is 2.72. The van der Waals surface area contributed by atoms with Crippen LogP contribution in [0.25, 0.3) is 11.1 Å². The van der Waals surface area contributed by atoms with Crippen LogP contribution in [-0.4, -0.2) is 5.78 Å². The van der Waals surface area contributed by atoms with E-state index in [0.29, 0.717) is 6.42 Å². The number of fused-ring (bicyclic) bond motifs is 1. The Morgan fingerprint density at radius 3 is 2.35 bits per heavy atom. The first-order valence-electron chi connectivity index (χ1n) is 5.97. The highest BCUT2D eigenvalue weighted by molar-refractivity contribution is 6.01. The molecule has 84 valence electrons. The minimum atomic E-state index is 0.286. The minimum Gasteiger partial charge on any atom is -0.294 e. The van der Waals surface area contributed by atoms with Crippen molar-refractivity contribution < 1.29 is 4.79 Å². The van der Waals surface area contributed by atoms with Crippen LogP contribution in [0.15, 0.2) is 42.5 Å². The number of ketones is 1. The standard InChI is InChI=1S/C16H14O/c1-11-2-4-12(5-3-11)14-7-6-13-8-9-16(17)15(13)10-14/h2-7,10H,8-9H2,1H3. The van der Waals surface area contributed by atoms with Crippen molar-refractivity contribution in [3.05, 3.63) is 59.2 Å². The zero-order valence-corrected chi connectivity index (χ0v) is 9.86. The predicted molar refractivity (Wildman–Crippen MR) is 69.3 cm³/mol. The number of aryl methyl sites for hydroxylation is 2. The van der Waals surface area contributed by atoms with E-state index in [1.807, 2.05) is 6.07 Å². The molecule has 0 bridgehead atoms. The van der Waals surface area contributed by atoms with Crippen molar-refractivity contribution in [3.8, 4) is 11.1 Å². The van der Waals surface area contributed by atoms with Gasteiger partial charge in [-0.2, -0.15) is 0 Å². The number of benzene rings is 2. The van der Waals surface area contributed by atoms with Crippen molar-refractivity contribution in [1.82, 2.24) is 0 Å². The maximum absolute atomic E-state index is 11.7. The lowest BCUT2D eigenvalue weighted by atomic mass is 10.00. The average molecular weight is 222 g/mol. The first kappa shape index (κ1) is 10.3. The molecule has 0 fully saturated rings. The molecular formula is C16H14O. The van der Waals surface area contributed by atoms with Crippen LogP contribution in [0.2, 0.25) is 0 Å². The molecule has 17 heavy (non-hydrogen) atoms. The van der Waals surface area contributed by atoms with Gasteiger partial charge in [-0.05, 0) is 36.1 Å². The Morgan fingerprint density at radius 2 is 1.59 bits per heavy atom. The molecule has 0 radical (unpaired) electrons. The molecule has 1 aliphatic carbocycles. The maximum atomic E-state index is 11.7. The summed E-state index contributed by atoms with van der Waals surface area (Å²) >= 11 is 0. The van der Waals surface area contributed by atoms with Crippen LogP contribution in [0, 0.1) is 6.92 Å². The SMILES string of the molecule is Cc1ccc(-c2ccc3c(c2)C(=O)CC3)cc1. The number of carbonyl (C=O) groups is 1. The molecule has 2 aromatic rings. The number of hydrogen-bond acceptors (Lipinski definition) is 1. The van der Waals surface area contributed by atoms with Crippen molar-refractivity contribution >= 4 is 5.78 Å². The summed E-state index contributed by atoms with van der Waals surface area (Å²) in [6.45, 7) is 2.08. The fraction of sp³-hybridized carbons (Fsp3) is 0.188. The molecule has 3 rings (SSSR count). The highest BCUT2D eigenvalue weighted by atomic mass is 16.1. The molecular weight excluding hydrogens is 208 g/mol. The third-order valence-electron chi connectivity index (χ3n) is 3.42. The predicted octanol–water partition coefficient (Wildman–Crippen LogP) is 3.79. The first-order valence-corrected chi connectivity index (χ1v) is 5.97. The number of carbonyl (C=O) groups excluding carboxylic acids is 1.